The number of esters is 1. The predicted molar refractivity (Wildman–Crippen MR) is 87.0 cm³/mol. The SMILES string of the molecule is CCOC(=O)CC(N[S@](=O)C(C)(C)C)c1csc(Br)c1. The van der Waals surface area contributed by atoms with E-state index < -0.39 is 11.0 Å². The Bertz CT molecular complexity index is 482. The Morgan fingerprint density at radius 2 is 2.20 bits per heavy atom. The minimum absolute atomic E-state index is 0.166. The van der Waals surface area contributed by atoms with Gasteiger partial charge in [0, 0.05) is 0 Å². The van der Waals surface area contributed by atoms with Crippen LogP contribution >= 0.6 is 27.3 Å². The Hall–Kier alpha value is -0.240. The first kappa shape index (κ1) is 17.8. The molecule has 0 fully saturated rings. The third kappa shape index (κ3) is 5.63. The molecule has 0 aliphatic carbocycles. The van der Waals surface area contributed by atoms with Crippen LogP contribution in [0.2, 0.25) is 0 Å². The van der Waals surface area contributed by atoms with E-state index in [1.807, 2.05) is 32.2 Å². The van der Waals surface area contributed by atoms with E-state index in [-0.39, 0.29) is 23.2 Å². The van der Waals surface area contributed by atoms with Crippen molar-refractivity contribution in [3.63, 3.8) is 0 Å². The summed E-state index contributed by atoms with van der Waals surface area (Å²) < 4.78 is 20.8. The molecule has 4 nitrogen and oxygen atoms in total. The Labute approximate surface area is 135 Å². The van der Waals surface area contributed by atoms with Crippen molar-refractivity contribution in [3.8, 4) is 0 Å². The molecule has 1 heterocycles. The van der Waals surface area contributed by atoms with Gasteiger partial charge in [0.05, 0.1) is 38.6 Å². The van der Waals surface area contributed by atoms with E-state index >= 15 is 0 Å². The molecule has 0 aliphatic heterocycles. The molecule has 0 bridgehead atoms. The lowest BCUT2D eigenvalue weighted by molar-refractivity contribution is -0.143. The first-order valence-electron chi connectivity index (χ1n) is 6.31. The van der Waals surface area contributed by atoms with Crippen molar-refractivity contribution >= 4 is 44.2 Å². The number of halogens is 1. The molecule has 1 aromatic heterocycles. The molecule has 0 saturated carbocycles. The van der Waals surface area contributed by atoms with Gasteiger partial charge in [0.2, 0.25) is 0 Å². The average molecular weight is 382 g/mol. The maximum atomic E-state index is 12.2. The zero-order valence-corrected chi connectivity index (χ0v) is 15.3. The highest BCUT2D eigenvalue weighted by molar-refractivity contribution is 9.11. The molecule has 0 spiro atoms. The second-order valence-corrected chi connectivity index (χ2v) is 9.53. The van der Waals surface area contributed by atoms with Crippen LogP contribution in [0.4, 0.5) is 0 Å². The van der Waals surface area contributed by atoms with Gasteiger partial charge in [-0.1, -0.05) is 0 Å². The van der Waals surface area contributed by atoms with E-state index in [2.05, 4.69) is 20.7 Å². The lowest BCUT2D eigenvalue weighted by atomic mass is 10.1. The zero-order chi connectivity index (χ0) is 15.3. The quantitative estimate of drug-likeness (QED) is 0.766. The third-order valence-electron chi connectivity index (χ3n) is 2.47. The van der Waals surface area contributed by atoms with Gasteiger partial charge >= 0.3 is 5.97 Å². The normalized spacial score (nSPS) is 14.8. The Morgan fingerprint density at radius 1 is 1.55 bits per heavy atom. The molecular weight excluding hydrogens is 362 g/mol. The maximum absolute atomic E-state index is 12.2. The summed E-state index contributed by atoms with van der Waals surface area (Å²) in [5.74, 6) is -0.293. The van der Waals surface area contributed by atoms with Crippen molar-refractivity contribution in [2.75, 3.05) is 6.61 Å². The number of ether oxygens (including phenoxy) is 1. The number of hydrogen-bond donors (Lipinski definition) is 1. The van der Waals surface area contributed by atoms with Gasteiger partial charge in [-0.25, -0.2) is 8.93 Å². The van der Waals surface area contributed by atoms with Crippen LogP contribution in [0, 0.1) is 0 Å². The number of thiophene rings is 1. The van der Waals surface area contributed by atoms with Gasteiger partial charge in [-0.05, 0) is 60.6 Å². The van der Waals surface area contributed by atoms with Crippen LogP contribution in [-0.2, 0) is 20.5 Å². The summed E-state index contributed by atoms with van der Waals surface area (Å²) in [5.41, 5.74) is 0.938. The highest BCUT2D eigenvalue weighted by Crippen LogP contribution is 2.28. The van der Waals surface area contributed by atoms with Gasteiger partial charge in [0.1, 0.15) is 0 Å². The number of carbonyl (C=O) groups is 1. The number of rotatable bonds is 6. The van der Waals surface area contributed by atoms with Crippen LogP contribution in [0.15, 0.2) is 15.2 Å². The van der Waals surface area contributed by atoms with Crippen molar-refractivity contribution in [3.05, 3.63) is 20.8 Å². The molecule has 0 amide bonds. The summed E-state index contributed by atoms with van der Waals surface area (Å²) in [5, 5.41) is 1.95. The van der Waals surface area contributed by atoms with E-state index in [0.717, 1.165) is 9.35 Å². The van der Waals surface area contributed by atoms with E-state index in [0.29, 0.717) is 6.61 Å². The summed E-state index contributed by atoms with van der Waals surface area (Å²) in [6, 6.07) is 1.62. The molecule has 1 unspecified atom stereocenters. The molecule has 0 radical (unpaired) electrons. The summed E-state index contributed by atoms with van der Waals surface area (Å²) in [6.07, 6.45) is 0.166. The Morgan fingerprint density at radius 3 is 2.65 bits per heavy atom. The van der Waals surface area contributed by atoms with Crippen LogP contribution in [0.1, 0.15) is 45.7 Å². The molecule has 0 aliphatic rings. The van der Waals surface area contributed by atoms with Crippen LogP contribution in [0.5, 0.6) is 0 Å². The molecular formula is C13H20BrNO3S2. The van der Waals surface area contributed by atoms with Gasteiger partial charge in [0.15, 0.2) is 0 Å². The van der Waals surface area contributed by atoms with Crippen molar-refractivity contribution < 1.29 is 13.7 Å². The summed E-state index contributed by atoms with van der Waals surface area (Å²) in [7, 11) is -1.25. The highest BCUT2D eigenvalue weighted by atomic mass is 79.9. The zero-order valence-electron chi connectivity index (χ0n) is 12.1. The molecule has 7 heteroatoms. The largest absolute Gasteiger partial charge is 0.466 e. The van der Waals surface area contributed by atoms with Crippen molar-refractivity contribution in [1.29, 1.82) is 0 Å². The Kier molecular flexibility index (Phi) is 6.84. The van der Waals surface area contributed by atoms with E-state index in [1.54, 1.807) is 6.92 Å². The molecule has 114 valence electrons. The minimum Gasteiger partial charge on any atom is -0.466 e. The van der Waals surface area contributed by atoms with Gasteiger partial charge in [-0.3, -0.25) is 4.79 Å². The topological polar surface area (TPSA) is 55.4 Å². The average Bonchev–Trinajstić information content (AvgIpc) is 2.74. The molecule has 1 rings (SSSR count). The fourth-order valence-electron chi connectivity index (χ4n) is 1.43. The lowest BCUT2D eigenvalue weighted by Gasteiger charge is -2.23. The first-order valence-corrected chi connectivity index (χ1v) is 9.14. The van der Waals surface area contributed by atoms with E-state index in [9.17, 15) is 9.00 Å². The third-order valence-corrected chi connectivity index (χ3v) is 5.61. The second kappa shape index (κ2) is 7.68. The molecule has 1 N–H and O–H groups in total. The van der Waals surface area contributed by atoms with Gasteiger partial charge in [-0.15, -0.1) is 11.3 Å². The van der Waals surface area contributed by atoms with Crippen molar-refractivity contribution in [2.24, 2.45) is 0 Å². The van der Waals surface area contributed by atoms with E-state index in [4.69, 9.17) is 4.74 Å². The number of carbonyl (C=O) groups excluding carboxylic acids is 1. The number of nitrogens with one attached hydrogen (secondary N) is 1. The Balaban J connectivity index is 2.85. The number of hydrogen-bond acceptors (Lipinski definition) is 4. The van der Waals surface area contributed by atoms with Crippen LogP contribution in [0.25, 0.3) is 0 Å². The summed E-state index contributed by atoms with van der Waals surface area (Å²) in [6.45, 7) is 7.79. The first-order chi connectivity index (χ1) is 9.24. The predicted octanol–water partition coefficient (Wildman–Crippen LogP) is 3.56. The molecule has 20 heavy (non-hydrogen) atoms. The molecule has 0 aromatic carbocycles. The van der Waals surface area contributed by atoms with Crippen molar-refractivity contribution in [2.45, 2.75) is 44.9 Å². The van der Waals surface area contributed by atoms with Gasteiger partial charge in [0.25, 0.3) is 0 Å². The molecule has 1 aromatic rings. The smallest absolute Gasteiger partial charge is 0.307 e. The van der Waals surface area contributed by atoms with Gasteiger partial charge in [-0.2, -0.15) is 0 Å². The summed E-state index contributed by atoms with van der Waals surface area (Å²) in [4.78, 5) is 11.7. The molecule has 0 saturated heterocycles. The fraction of sp³-hybridized carbons (Fsp3) is 0.615. The van der Waals surface area contributed by atoms with E-state index in [1.165, 1.54) is 11.3 Å². The summed E-state index contributed by atoms with van der Waals surface area (Å²) >= 11 is 4.94. The fourth-order valence-corrected chi connectivity index (χ4v) is 3.49. The maximum Gasteiger partial charge on any atom is 0.307 e. The van der Waals surface area contributed by atoms with Crippen LogP contribution in [-0.4, -0.2) is 21.5 Å². The lowest BCUT2D eigenvalue weighted by Crippen LogP contribution is -2.36. The van der Waals surface area contributed by atoms with Crippen LogP contribution < -0.4 is 4.72 Å². The standard InChI is InChI=1S/C13H20BrNO3S2/c1-5-18-12(16)7-10(9-6-11(14)19-8-9)15-20(17)13(2,3)4/h6,8,10,15H,5,7H2,1-4H3/t10?,20-/m1/s1. The van der Waals surface area contributed by atoms with Crippen LogP contribution in [0.3, 0.4) is 0 Å². The minimum atomic E-state index is -1.25. The van der Waals surface area contributed by atoms with Gasteiger partial charge < -0.3 is 4.74 Å². The highest BCUT2D eigenvalue weighted by Gasteiger charge is 2.26. The van der Waals surface area contributed by atoms with Crippen molar-refractivity contribution in [1.82, 2.24) is 4.72 Å². The monoisotopic (exact) mass is 381 g/mol. The second-order valence-electron chi connectivity index (χ2n) is 5.24. The molecule has 2 atom stereocenters.